The second-order valence-corrected chi connectivity index (χ2v) is 8.84. The summed E-state index contributed by atoms with van der Waals surface area (Å²) in [4.78, 5) is 24.1. The summed E-state index contributed by atoms with van der Waals surface area (Å²) in [7, 11) is -3.86. The number of nitrogens with zero attached hydrogens (tertiary/aromatic N) is 1. The standard InChI is InChI=1S/C19H20ClN3O4S/c1-13(14-4-2-6-16(20)10-14)22-19(25)15-5-3-7-17(11-15)28(26,27)23-9-8-21-18(24)12-23/h2-7,10-11,13H,8-9,12H2,1H3,(H,21,24)(H,22,25)/t13-/m1/s1. The molecule has 1 aliphatic rings. The van der Waals surface area contributed by atoms with E-state index in [0.717, 1.165) is 9.87 Å². The number of nitrogens with one attached hydrogen (secondary N) is 2. The van der Waals surface area contributed by atoms with Gasteiger partial charge in [0.05, 0.1) is 17.5 Å². The molecule has 1 heterocycles. The Morgan fingerprint density at radius 3 is 2.68 bits per heavy atom. The molecule has 2 N–H and O–H groups in total. The van der Waals surface area contributed by atoms with Crippen molar-refractivity contribution in [2.24, 2.45) is 0 Å². The summed E-state index contributed by atoms with van der Waals surface area (Å²) in [6, 6.07) is 12.6. The first-order valence-corrected chi connectivity index (χ1v) is 10.5. The Labute approximate surface area is 168 Å². The number of hydrogen-bond donors (Lipinski definition) is 2. The molecule has 0 aromatic heterocycles. The van der Waals surface area contributed by atoms with E-state index >= 15 is 0 Å². The molecule has 1 saturated heterocycles. The number of piperazine rings is 1. The summed E-state index contributed by atoms with van der Waals surface area (Å²) in [6.07, 6.45) is 0. The highest BCUT2D eigenvalue weighted by atomic mass is 35.5. The first-order valence-electron chi connectivity index (χ1n) is 8.70. The van der Waals surface area contributed by atoms with Gasteiger partial charge in [0.15, 0.2) is 0 Å². The van der Waals surface area contributed by atoms with E-state index in [0.29, 0.717) is 5.02 Å². The highest BCUT2D eigenvalue weighted by Gasteiger charge is 2.29. The zero-order valence-corrected chi connectivity index (χ0v) is 16.8. The second kappa shape index (κ2) is 8.30. The third-order valence-corrected chi connectivity index (χ3v) is 6.51. The number of sulfonamides is 1. The normalized spacial score (nSPS) is 16.3. The molecule has 2 aromatic rings. The van der Waals surface area contributed by atoms with Crippen LogP contribution in [0.2, 0.25) is 5.02 Å². The van der Waals surface area contributed by atoms with Crippen LogP contribution in [0.5, 0.6) is 0 Å². The molecule has 0 radical (unpaired) electrons. The third-order valence-electron chi connectivity index (χ3n) is 4.43. The molecule has 0 aliphatic carbocycles. The van der Waals surface area contributed by atoms with Crippen LogP contribution in [0.15, 0.2) is 53.4 Å². The maximum atomic E-state index is 12.8. The van der Waals surface area contributed by atoms with Crippen molar-refractivity contribution in [3.05, 3.63) is 64.7 Å². The molecule has 0 unspecified atom stereocenters. The predicted octanol–water partition coefficient (Wildman–Crippen LogP) is 1.95. The lowest BCUT2D eigenvalue weighted by molar-refractivity contribution is -0.122. The van der Waals surface area contributed by atoms with Crippen LogP contribution in [0.3, 0.4) is 0 Å². The Bertz CT molecular complexity index is 1010. The molecule has 1 fully saturated rings. The molecule has 0 spiro atoms. The third kappa shape index (κ3) is 4.52. The van der Waals surface area contributed by atoms with E-state index < -0.39 is 15.9 Å². The van der Waals surface area contributed by atoms with Gasteiger partial charge in [-0.25, -0.2) is 8.42 Å². The molecule has 28 heavy (non-hydrogen) atoms. The Morgan fingerprint density at radius 1 is 1.21 bits per heavy atom. The minimum atomic E-state index is -3.86. The van der Waals surface area contributed by atoms with Gasteiger partial charge in [-0.1, -0.05) is 29.8 Å². The fourth-order valence-corrected chi connectivity index (χ4v) is 4.55. The Balaban J connectivity index is 1.78. The van der Waals surface area contributed by atoms with Crippen LogP contribution in [0.4, 0.5) is 0 Å². The monoisotopic (exact) mass is 421 g/mol. The van der Waals surface area contributed by atoms with Gasteiger partial charge in [0.1, 0.15) is 0 Å². The Kier molecular flexibility index (Phi) is 6.02. The van der Waals surface area contributed by atoms with Gasteiger partial charge in [-0.3, -0.25) is 9.59 Å². The lowest BCUT2D eigenvalue weighted by atomic mass is 10.1. The van der Waals surface area contributed by atoms with Gasteiger partial charge in [-0.15, -0.1) is 0 Å². The summed E-state index contributed by atoms with van der Waals surface area (Å²) in [5, 5.41) is 5.99. The lowest BCUT2D eigenvalue weighted by Crippen LogP contribution is -2.49. The largest absolute Gasteiger partial charge is 0.354 e. The summed E-state index contributed by atoms with van der Waals surface area (Å²) < 4.78 is 26.7. The van der Waals surface area contributed by atoms with Crippen LogP contribution in [-0.4, -0.2) is 44.2 Å². The van der Waals surface area contributed by atoms with E-state index in [4.69, 9.17) is 11.6 Å². The van der Waals surface area contributed by atoms with Crippen molar-refractivity contribution in [2.45, 2.75) is 17.9 Å². The Morgan fingerprint density at radius 2 is 1.96 bits per heavy atom. The van der Waals surface area contributed by atoms with Crippen LogP contribution < -0.4 is 10.6 Å². The summed E-state index contributed by atoms with van der Waals surface area (Å²) >= 11 is 5.99. The van der Waals surface area contributed by atoms with E-state index in [2.05, 4.69) is 10.6 Å². The van der Waals surface area contributed by atoms with Crippen molar-refractivity contribution in [1.82, 2.24) is 14.9 Å². The summed E-state index contributed by atoms with van der Waals surface area (Å²) in [5.41, 5.74) is 1.06. The van der Waals surface area contributed by atoms with E-state index in [1.165, 1.54) is 18.2 Å². The van der Waals surface area contributed by atoms with Crippen molar-refractivity contribution in [1.29, 1.82) is 0 Å². The van der Waals surface area contributed by atoms with Gasteiger partial charge in [0.25, 0.3) is 5.91 Å². The van der Waals surface area contributed by atoms with Gasteiger partial charge < -0.3 is 10.6 Å². The van der Waals surface area contributed by atoms with Crippen LogP contribution in [0.1, 0.15) is 28.9 Å². The van der Waals surface area contributed by atoms with Crippen LogP contribution in [-0.2, 0) is 14.8 Å². The molecule has 0 bridgehead atoms. The van der Waals surface area contributed by atoms with Gasteiger partial charge >= 0.3 is 0 Å². The van der Waals surface area contributed by atoms with Crippen molar-refractivity contribution < 1.29 is 18.0 Å². The van der Waals surface area contributed by atoms with E-state index in [1.807, 2.05) is 13.0 Å². The molecule has 1 aliphatic heterocycles. The van der Waals surface area contributed by atoms with Crippen LogP contribution in [0, 0.1) is 0 Å². The highest BCUT2D eigenvalue weighted by Crippen LogP contribution is 2.20. The molecule has 148 valence electrons. The SMILES string of the molecule is C[C@@H](NC(=O)c1cccc(S(=O)(=O)N2CCNC(=O)C2)c1)c1cccc(Cl)c1. The quantitative estimate of drug-likeness (QED) is 0.771. The van der Waals surface area contributed by atoms with E-state index in [9.17, 15) is 18.0 Å². The van der Waals surface area contributed by atoms with Crippen LogP contribution >= 0.6 is 11.6 Å². The van der Waals surface area contributed by atoms with Crippen molar-refractivity contribution >= 4 is 33.4 Å². The number of carbonyl (C=O) groups is 2. The second-order valence-electron chi connectivity index (χ2n) is 6.47. The van der Waals surface area contributed by atoms with Crippen molar-refractivity contribution in [2.75, 3.05) is 19.6 Å². The number of amides is 2. The van der Waals surface area contributed by atoms with Gasteiger partial charge in [-0.05, 0) is 42.8 Å². The lowest BCUT2D eigenvalue weighted by Gasteiger charge is -2.26. The average Bonchev–Trinajstić information content (AvgIpc) is 2.68. The molecule has 0 saturated carbocycles. The van der Waals surface area contributed by atoms with Gasteiger partial charge in [-0.2, -0.15) is 4.31 Å². The highest BCUT2D eigenvalue weighted by molar-refractivity contribution is 7.89. The van der Waals surface area contributed by atoms with Crippen LogP contribution in [0.25, 0.3) is 0 Å². The van der Waals surface area contributed by atoms with Crippen molar-refractivity contribution in [3.8, 4) is 0 Å². The first-order chi connectivity index (χ1) is 13.3. The number of benzene rings is 2. The number of halogens is 1. The molecule has 3 rings (SSSR count). The van der Waals surface area contributed by atoms with Crippen molar-refractivity contribution in [3.63, 3.8) is 0 Å². The summed E-state index contributed by atoms with van der Waals surface area (Å²) in [6.45, 7) is 2.03. The summed E-state index contributed by atoms with van der Waals surface area (Å²) in [5.74, 6) is -0.750. The van der Waals surface area contributed by atoms with E-state index in [-0.39, 0.29) is 42.0 Å². The van der Waals surface area contributed by atoms with E-state index in [1.54, 1.807) is 24.3 Å². The fourth-order valence-electron chi connectivity index (χ4n) is 2.91. The molecular formula is C19H20ClN3O4S. The Hall–Kier alpha value is -2.42. The average molecular weight is 422 g/mol. The molecular weight excluding hydrogens is 402 g/mol. The van der Waals surface area contributed by atoms with Gasteiger partial charge in [0, 0.05) is 23.7 Å². The number of hydrogen-bond acceptors (Lipinski definition) is 4. The zero-order valence-electron chi connectivity index (χ0n) is 15.2. The first kappa shape index (κ1) is 20.3. The fraction of sp³-hybridized carbons (Fsp3) is 0.263. The number of carbonyl (C=O) groups excluding carboxylic acids is 2. The number of rotatable bonds is 5. The van der Waals surface area contributed by atoms with Gasteiger partial charge in [0.2, 0.25) is 15.9 Å². The minimum Gasteiger partial charge on any atom is -0.354 e. The maximum absolute atomic E-state index is 12.8. The topological polar surface area (TPSA) is 95.6 Å². The molecule has 1 atom stereocenters. The smallest absolute Gasteiger partial charge is 0.251 e. The molecule has 2 aromatic carbocycles. The predicted molar refractivity (Wildman–Crippen MR) is 106 cm³/mol. The molecule has 2 amide bonds. The zero-order chi connectivity index (χ0) is 20.3. The maximum Gasteiger partial charge on any atom is 0.251 e. The molecule has 9 heteroatoms. The minimum absolute atomic E-state index is 0.0229. The molecule has 7 nitrogen and oxygen atoms in total.